The molecule has 0 aliphatic heterocycles. The first kappa shape index (κ1) is 13.0. The zero-order valence-electron chi connectivity index (χ0n) is 7.25. The second-order valence-corrected chi connectivity index (χ2v) is 5.06. The van der Waals surface area contributed by atoms with Crippen LogP contribution < -0.4 is 4.74 Å². The van der Waals surface area contributed by atoms with E-state index in [-0.39, 0.29) is 12.1 Å². The molecule has 16 heavy (non-hydrogen) atoms. The van der Waals surface area contributed by atoms with E-state index in [2.05, 4.69) is 4.74 Å². The van der Waals surface area contributed by atoms with Crippen molar-refractivity contribution in [2.24, 2.45) is 0 Å². The van der Waals surface area contributed by atoms with E-state index in [0.29, 0.717) is 0 Å². The summed E-state index contributed by atoms with van der Waals surface area (Å²) in [6, 6.07) is 0.339. The maximum absolute atomic E-state index is 13.0. The number of benzene rings is 1. The Balaban J connectivity index is 3.28. The van der Waals surface area contributed by atoms with E-state index in [1.54, 1.807) is 0 Å². The summed E-state index contributed by atoms with van der Waals surface area (Å²) in [6.45, 7) is -3.35. The lowest BCUT2D eigenvalue weighted by molar-refractivity contribution is -0.0524. The van der Waals surface area contributed by atoms with Gasteiger partial charge in [-0.1, -0.05) is 0 Å². The van der Waals surface area contributed by atoms with Crippen molar-refractivity contribution < 1.29 is 30.7 Å². The van der Waals surface area contributed by atoms with E-state index < -0.39 is 37.9 Å². The second-order valence-electron chi connectivity index (χ2n) is 2.53. The van der Waals surface area contributed by atoms with Gasteiger partial charge in [0.25, 0.3) is 9.05 Å². The van der Waals surface area contributed by atoms with E-state index in [9.17, 15) is 26.0 Å². The van der Waals surface area contributed by atoms with Crippen LogP contribution >= 0.6 is 10.7 Å². The van der Waals surface area contributed by atoms with E-state index in [1.165, 1.54) is 0 Å². The largest absolute Gasteiger partial charge is 0.432 e. The molecule has 0 aromatic heterocycles. The molecule has 0 N–H and O–H groups in total. The molecule has 0 saturated heterocycles. The highest BCUT2D eigenvalue weighted by Crippen LogP contribution is 2.27. The van der Waals surface area contributed by atoms with Gasteiger partial charge in [0, 0.05) is 22.8 Å². The molecule has 1 rings (SSSR count). The third-order valence-electron chi connectivity index (χ3n) is 1.47. The van der Waals surface area contributed by atoms with E-state index in [4.69, 9.17) is 10.7 Å². The van der Waals surface area contributed by atoms with Gasteiger partial charge in [0.05, 0.1) is 0 Å². The lowest BCUT2D eigenvalue weighted by atomic mass is 10.3. The molecule has 90 valence electrons. The highest BCUT2D eigenvalue weighted by Gasteiger charge is 2.21. The summed E-state index contributed by atoms with van der Waals surface area (Å²) < 4.78 is 74.4. The van der Waals surface area contributed by atoms with Gasteiger partial charge in [-0.2, -0.15) is 8.78 Å². The molecule has 0 bridgehead atoms. The zero-order chi connectivity index (χ0) is 12.5. The molecule has 0 unspecified atom stereocenters. The van der Waals surface area contributed by atoms with Gasteiger partial charge in [-0.25, -0.2) is 17.2 Å². The van der Waals surface area contributed by atoms with Gasteiger partial charge >= 0.3 is 6.61 Å². The Bertz CT molecular complexity index is 503. The highest BCUT2D eigenvalue weighted by molar-refractivity contribution is 8.13. The molecule has 0 saturated carbocycles. The van der Waals surface area contributed by atoms with Gasteiger partial charge in [-0.05, 0) is 0 Å². The third-order valence-corrected chi connectivity index (χ3v) is 2.80. The van der Waals surface area contributed by atoms with Crippen molar-refractivity contribution in [3.05, 3.63) is 23.8 Å². The predicted octanol–water partition coefficient (Wildman–Crippen LogP) is 2.49. The van der Waals surface area contributed by atoms with Gasteiger partial charge in [0.1, 0.15) is 10.7 Å². The van der Waals surface area contributed by atoms with Gasteiger partial charge < -0.3 is 4.74 Å². The number of alkyl halides is 2. The monoisotopic (exact) mass is 278 g/mol. The topological polar surface area (TPSA) is 43.4 Å². The molecular formula is C7H3ClF4O3S. The lowest BCUT2D eigenvalue weighted by Gasteiger charge is -2.07. The summed E-state index contributed by atoms with van der Waals surface area (Å²) in [5.41, 5.74) is 0. The molecule has 0 radical (unpaired) electrons. The summed E-state index contributed by atoms with van der Waals surface area (Å²) in [7, 11) is 0.283. The van der Waals surface area contributed by atoms with Crippen molar-refractivity contribution in [2.45, 2.75) is 11.5 Å². The molecule has 0 heterocycles. The normalized spacial score (nSPS) is 11.9. The lowest BCUT2D eigenvalue weighted by Crippen LogP contribution is -2.06. The molecule has 0 aliphatic carbocycles. The molecular weight excluding hydrogens is 276 g/mol. The Morgan fingerprint density at radius 1 is 1.19 bits per heavy atom. The fourth-order valence-corrected chi connectivity index (χ4v) is 1.77. The first-order chi connectivity index (χ1) is 7.21. The molecule has 0 fully saturated rings. The number of hydrogen-bond donors (Lipinski definition) is 0. The SMILES string of the molecule is O=S(=O)(Cl)c1cc(F)c(OC(F)F)cc1F. The number of rotatable bonds is 3. The van der Waals surface area contributed by atoms with Crippen LogP contribution in [0.2, 0.25) is 0 Å². The third kappa shape index (κ3) is 2.99. The van der Waals surface area contributed by atoms with Crippen LogP contribution in [0.25, 0.3) is 0 Å². The van der Waals surface area contributed by atoms with Gasteiger partial charge in [0.15, 0.2) is 11.6 Å². The van der Waals surface area contributed by atoms with E-state index in [1.807, 2.05) is 0 Å². The second kappa shape index (κ2) is 4.46. The van der Waals surface area contributed by atoms with Crippen molar-refractivity contribution in [3.8, 4) is 5.75 Å². The van der Waals surface area contributed by atoms with Crippen LogP contribution in [-0.2, 0) is 9.05 Å². The number of hydrogen-bond acceptors (Lipinski definition) is 3. The Kier molecular flexibility index (Phi) is 3.64. The van der Waals surface area contributed by atoms with Crippen molar-refractivity contribution in [3.63, 3.8) is 0 Å². The Morgan fingerprint density at radius 3 is 2.19 bits per heavy atom. The van der Waals surface area contributed by atoms with Gasteiger partial charge in [0.2, 0.25) is 0 Å². The maximum Gasteiger partial charge on any atom is 0.387 e. The fourth-order valence-electron chi connectivity index (χ4n) is 0.883. The minimum absolute atomic E-state index is 0.162. The zero-order valence-corrected chi connectivity index (χ0v) is 8.83. The Labute approximate surface area is 92.0 Å². The van der Waals surface area contributed by atoms with Crippen LogP contribution in [0.3, 0.4) is 0 Å². The minimum atomic E-state index is -4.49. The summed E-state index contributed by atoms with van der Waals surface area (Å²) in [5.74, 6) is -4.04. The van der Waals surface area contributed by atoms with Crippen LogP contribution in [0.5, 0.6) is 5.75 Å². The predicted molar refractivity (Wildman–Crippen MR) is 46.0 cm³/mol. The van der Waals surface area contributed by atoms with Gasteiger partial charge in [-0.3, -0.25) is 0 Å². The highest BCUT2D eigenvalue weighted by atomic mass is 35.7. The van der Waals surface area contributed by atoms with Crippen molar-refractivity contribution >= 4 is 19.7 Å². The summed E-state index contributed by atoms with van der Waals surface area (Å²) in [6.07, 6.45) is 0. The van der Waals surface area contributed by atoms with Crippen molar-refractivity contribution in [1.82, 2.24) is 0 Å². The van der Waals surface area contributed by atoms with Crippen molar-refractivity contribution in [1.29, 1.82) is 0 Å². The molecule has 0 aliphatic rings. The minimum Gasteiger partial charge on any atom is -0.432 e. The summed E-state index contributed by atoms with van der Waals surface area (Å²) >= 11 is 0. The Morgan fingerprint density at radius 2 is 1.75 bits per heavy atom. The Hall–Kier alpha value is -1.02. The first-order valence-electron chi connectivity index (χ1n) is 3.60. The van der Waals surface area contributed by atoms with Crippen LogP contribution in [-0.4, -0.2) is 15.0 Å². The maximum atomic E-state index is 13.0. The first-order valence-corrected chi connectivity index (χ1v) is 5.91. The molecule has 1 aromatic carbocycles. The van der Waals surface area contributed by atoms with Crippen molar-refractivity contribution in [2.75, 3.05) is 0 Å². The standard InChI is InChI=1S/C7H3ClF4O3S/c8-16(13,14)6-2-3(9)5(1-4(6)10)15-7(11)12/h1-2,7H. The van der Waals surface area contributed by atoms with E-state index in [0.717, 1.165) is 0 Å². The summed E-state index contributed by atoms with van der Waals surface area (Å²) in [4.78, 5) is -1.15. The average molecular weight is 279 g/mol. The van der Waals surface area contributed by atoms with Crippen LogP contribution in [0.1, 0.15) is 0 Å². The van der Waals surface area contributed by atoms with Gasteiger partial charge in [-0.15, -0.1) is 0 Å². The van der Waals surface area contributed by atoms with Crippen LogP contribution in [0.15, 0.2) is 17.0 Å². The number of ether oxygens (including phenoxy) is 1. The molecule has 0 amide bonds. The van der Waals surface area contributed by atoms with Crippen LogP contribution in [0.4, 0.5) is 17.6 Å². The molecule has 3 nitrogen and oxygen atoms in total. The van der Waals surface area contributed by atoms with E-state index >= 15 is 0 Å². The molecule has 9 heteroatoms. The average Bonchev–Trinajstić information content (AvgIpc) is 2.07. The van der Waals surface area contributed by atoms with Crippen LogP contribution in [0, 0.1) is 11.6 Å². The smallest absolute Gasteiger partial charge is 0.387 e. The molecule has 0 spiro atoms. The fraction of sp³-hybridized carbons (Fsp3) is 0.143. The number of halogens is 5. The molecule has 1 aromatic rings. The molecule has 0 atom stereocenters. The summed E-state index contributed by atoms with van der Waals surface area (Å²) in [5, 5.41) is 0. The quantitative estimate of drug-likeness (QED) is 0.630.